The third kappa shape index (κ3) is 49.0. The second-order valence-electron chi connectivity index (χ2n) is 17.3. The van der Waals surface area contributed by atoms with E-state index in [1.54, 1.807) is 48.5 Å². The van der Waals surface area contributed by atoms with E-state index in [0.717, 1.165) is 78.1 Å². The van der Waals surface area contributed by atoms with Gasteiger partial charge in [-0.15, -0.1) is 0 Å². The van der Waals surface area contributed by atoms with Gasteiger partial charge in [-0.25, -0.2) is 0 Å². The summed E-state index contributed by atoms with van der Waals surface area (Å²) in [5.41, 5.74) is 15.4. The molecule has 8 heteroatoms. The quantitative estimate of drug-likeness (QED) is 0.0600. The van der Waals surface area contributed by atoms with Gasteiger partial charge in [0.05, 0.1) is 0 Å². The van der Waals surface area contributed by atoms with Crippen LogP contribution in [0, 0.1) is 0 Å². The van der Waals surface area contributed by atoms with Crippen molar-refractivity contribution in [1.82, 2.24) is 0 Å². The molecule has 0 radical (unpaired) electrons. The molecule has 10 rings (SSSR count). The maximum atomic E-state index is 9.33. The van der Waals surface area contributed by atoms with Crippen molar-refractivity contribution in [2.45, 2.75) is 149 Å². The van der Waals surface area contributed by atoms with Crippen LogP contribution in [0.1, 0.15) is 178 Å². The van der Waals surface area contributed by atoms with Crippen LogP contribution in [-0.4, -0.2) is 69.3 Å². The number of phenols is 4. The number of aromatic hydroxyl groups is 4. The van der Waals surface area contributed by atoms with Crippen LogP contribution in [0.15, 0.2) is 267 Å². The zero-order valence-corrected chi connectivity index (χ0v) is 61.2. The maximum Gasteiger partial charge on any atom is 0.115 e. The first-order chi connectivity index (χ1) is 46.3. The average Bonchev–Trinajstić information content (AvgIpc) is 1.79. The van der Waals surface area contributed by atoms with Gasteiger partial charge in [0.25, 0.3) is 0 Å². The molecule has 516 valence electrons. The van der Waals surface area contributed by atoms with E-state index in [-0.39, 0.29) is 11.5 Å². The van der Waals surface area contributed by atoms with Crippen molar-refractivity contribution in [2.24, 2.45) is 0 Å². The molecule has 10 aromatic carbocycles. The van der Waals surface area contributed by atoms with E-state index in [1.165, 1.54) is 55.6 Å². The van der Waals surface area contributed by atoms with Crippen molar-refractivity contribution in [3.63, 3.8) is 0 Å². The maximum absolute atomic E-state index is 9.33. The molecular weight excluding hydrogens is 1160 g/mol. The lowest BCUT2D eigenvalue weighted by Gasteiger charge is -2.07. The SMILES string of the molecule is CC.CC.CC.CC.CC.CC.CC.CC.CO.CO.CO.CO.Oc1ccc(Cc2ccc(O)cc2)cc1.Oc1ccc(Cc2cccc(Cc3ccc(O)cc3)c2)cc1.c1ccc(Cc2cccc(Cc3ccccc3)c2)cc1.c1ccc(Cc2ccccc2)cc1. The van der Waals surface area contributed by atoms with E-state index in [9.17, 15) is 10.2 Å². The second kappa shape index (κ2) is 73.3. The molecule has 0 unspecified atom stereocenters. The zero-order chi connectivity index (χ0) is 72.6. The van der Waals surface area contributed by atoms with Crippen molar-refractivity contribution < 1.29 is 40.9 Å². The fourth-order valence-electron chi connectivity index (χ4n) is 7.95. The van der Waals surface area contributed by atoms with Gasteiger partial charge in [-0.05, 0) is 154 Å². The summed E-state index contributed by atoms with van der Waals surface area (Å²) in [6, 6.07) is 88.7. The van der Waals surface area contributed by atoms with E-state index in [0.29, 0.717) is 11.5 Å². The van der Waals surface area contributed by atoms with E-state index in [4.69, 9.17) is 30.6 Å². The lowest BCUT2D eigenvalue weighted by Crippen LogP contribution is -1.92. The molecule has 0 fully saturated rings. The van der Waals surface area contributed by atoms with Gasteiger partial charge < -0.3 is 40.9 Å². The molecule has 0 aliphatic rings. The molecule has 0 bridgehead atoms. The molecule has 0 heterocycles. The van der Waals surface area contributed by atoms with Gasteiger partial charge >= 0.3 is 0 Å². The van der Waals surface area contributed by atoms with Crippen molar-refractivity contribution >= 4 is 0 Å². The van der Waals surface area contributed by atoms with Crippen LogP contribution in [0.5, 0.6) is 23.0 Å². The highest BCUT2D eigenvalue weighted by Crippen LogP contribution is 2.20. The Hall–Kier alpha value is -8.76. The van der Waals surface area contributed by atoms with Crippen molar-refractivity contribution in [1.29, 1.82) is 0 Å². The minimum atomic E-state index is 0.282. The van der Waals surface area contributed by atoms with Gasteiger partial charge in [-0.3, -0.25) is 0 Å². The zero-order valence-electron chi connectivity index (χ0n) is 61.2. The highest BCUT2D eigenvalue weighted by atomic mass is 16.3. The fourth-order valence-corrected chi connectivity index (χ4v) is 7.95. The molecular formula is C86H124O8. The number of rotatable bonds is 12. The van der Waals surface area contributed by atoms with Gasteiger partial charge in [0.2, 0.25) is 0 Å². The third-order valence-electron chi connectivity index (χ3n) is 11.5. The molecule has 0 atom stereocenters. The minimum absolute atomic E-state index is 0.282. The van der Waals surface area contributed by atoms with Gasteiger partial charge in [-0.2, -0.15) is 0 Å². The minimum Gasteiger partial charge on any atom is -0.508 e. The largest absolute Gasteiger partial charge is 0.508 e. The Labute approximate surface area is 572 Å². The van der Waals surface area contributed by atoms with Crippen LogP contribution in [0.2, 0.25) is 0 Å². The Kier molecular flexibility index (Phi) is 75.1. The molecule has 0 amide bonds. The lowest BCUT2D eigenvalue weighted by molar-refractivity contribution is 0.399. The first-order valence-corrected chi connectivity index (χ1v) is 33.5. The molecule has 0 aliphatic heterocycles. The van der Waals surface area contributed by atoms with Crippen molar-refractivity contribution in [3.05, 3.63) is 334 Å². The highest BCUT2D eigenvalue weighted by Gasteiger charge is 2.03. The molecule has 94 heavy (non-hydrogen) atoms. The first-order valence-electron chi connectivity index (χ1n) is 33.5. The van der Waals surface area contributed by atoms with Gasteiger partial charge in [-0.1, -0.05) is 329 Å². The Bertz CT molecular complexity index is 2830. The Morgan fingerprint density at radius 1 is 0.149 bits per heavy atom. The summed E-state index contributed by atoms with van der Waals surface area (Å²) in [7, 11) is 4.00. The topological polar surface area (TPSA) is 162 Å². The number of hydrogen-bond donors (Lipinski definition) is 8. The number of phenolic OH excluding ortho intramolecular Hbond substituents is 4. The van der Waals surface area contributed by atoms with Gasteiger partial charge in [0.15, 0.2) is 0 Å². The van der Waals surface area contributed by atoms with Gasteiger partial charge in [0, 0.05) is 28.4 Å². The molecule has 8 N–H and O–H groups in total. The Morgan fingerprint density at radius 3 is 0.415 bits per heavy atom. The summed E-state index contributed by atoms with van der Waals surface area (Å²) in [5, 5.41) is 64.9. The Morgan fingerprint density at radius 2 is 0.266 bits per heavy atom. The molecule has 0 saturated carbocycles. The van der Waals surface area contributed by atoms with Crippen molar-refractivity contribution in [3.8, 4) is 23.0 Å². The van der Waals surface area contributed by atoms with Crippen molar-refractivity contribution in [2.75, 3.05) is 28.4 Å². The molecule has 0 spiro atoms. The predicted molar refractivity (Wildman–Crippen MR) is 411 cm³/mol. The van der Waals surface area contributed by atoms with Crippen LogP contribution in [0.4, 0.5) is 0 Å². The smallest absolute Gasteiger partial charge is 0.115 e. The standard InChI is InChI=1S/C20H18O2.C20H18.C13H12O2.C13H12.8C2H6.4CH4O/c21-19-8-4-15(5-9-19)12-17-2-1-3-18(14-17)13-16-6-10-20(22)11-7-16;1-3-8-17(9-4-1)14-19-12-7-13-20(16-19)15-18-10-5-2-6-11-18;14-12-5-1-10(2-6-12)9-11-3-7-13(15)8-4-11;1-3-7-12(8-4-1)11-13-9-5-2-6-10-13;12*1-2/h1-11,14,21-22H,12-13H2;1-13,16H,14-15H2;1-8,14-15H,9H2;1-10H,11H2;8*1-2H3;4*2H,1H3. The van der Waals surface area contributed by atoms with Crippen LogP contribution in [-0.2, 0) is 38.5 Å². The summed E-state index contributed by atoms with van der Waals surface area (Å²) >= 11 is 0. The van der Waals surface area contributed by atoms with Crippen LogP contribution in [0.3, 0.4) is 0 Å². The lowest BCUT2D eigenvalue weighted by atomic mass is 9.99. The van der Waals surface area contributed by atoms with E-state index >= 15 is 0 Å². The summed E-state index contributed by atoms with van der Waals surface area (Å²) in [4.78, 5) is 0. The first kappa shape index (κ1) is 96.3. The molecule has 0 saturated heterocycles. The van der Waals surface area contributed by atoms with E-state index in [2.05, 4.69) is 170 Å². The van der Waals surface area contributed by atoms with E-state index < -0.39 is 0 Å². The highest BCUT2D eigenvalue weighted by molar-refractivity contribution is 5.37. The average molecular weight is 1290 g/mol. The fraction of sp³-hybridized carbons (Fsp3) is 0.302. The third-order valence-corrected chi connectivity index (χ3v) is 11.5. The normalized spacial score (nSPS) is 8.43. The molecule has 0 aromatic heterocycles. The van der Waals surface area contributed by atoms with Crippen LogP contribution >= 0.6 is 0 Å². The number of aliphatic hydroxyl groups excluding tert-OH is 4. The van der Waals surface area contributed by atoms with E-state index in [1.807, 2.05) is 159 Å². The number of benzene rings is 10. The molecule has 8 nitrogen and oxygen atoms in total. The summed E-state index contributed by atoms with van der Waals surface area (Å²) in [6.45, 7) is 32.0. The Balaban J connectivity index is -0.000000250. The summed E-state index contributed by atoms with van der Waals surface area (Å²) < 4.78 is 0. The summed E-state index contributed by atoms with van der Waals surface area (Å²) in [6.07, 6.45) is 5.54. The monoisotopic (exact) mass is 1280 g/mol. The molecule has 10 aromatic rings. The van der Waals surface area contributed by atoms with Crippen LogP contribution in [0.25, 0.3) is 0 Å². The predicted octanol–water partition coefficient (Wildman–Crippen LogP) is 21.8. The summed E-state index contributed by atoms with van der Waals surface area (Å²) in [5.74, 6) is 1.16. The van der Waals surface area contributed by atoms with Gasteiger partial charge in [0.1, 0.15) is 23.0 Å². The number of hydrogen-bond acceptors (Lipinski definition) is 8. The number of aliphatic hydroxyl groups is 4. The molecule has 0 aliphatic carbocycles. The van der Waals surface area contributed by atoms with Crippen LogP contribution < -0.4 is 0 Å². The second-order valence-corrected chi connectivity index (χ2v) is 17.3.